The number of halogens is 2. The first kappa shape index (κ1) is 15.4. The van der Waals surface area contributed by atoms with Crippen molar-refractivity contribution in [1.82, 2.24) is 9.97 Å². The molecule has 0 fully saturated rings. The maximum atomic E-state index is 11.0. The fraction of sp³-hybridized carbons (Fsp3) is 0.0667. The first-order chi connectivity index (χ1) is 10.6. The number of imidazole rings is 1. The number of rotatable bonds is 3. The molecule has 22 heavy (non-hydrogen) atoms. The summed E-state index contributed by atoms with van der Waals surface area (Å²) in [4.78, 5) is 18.1. The molecule has 2 aromatic carbocycles. The predicted octanol–water partition coefficient (Wildman–Crippen LogP) is 0.151. The van der Waals surface area contributed by atoms with E-state index in [1.54, 1.807) is 6.07 Å². The van der Waals surface area contributed by atoms with E-state index < -0.39 is 27.0 Å². The van der Waals surface area contributed by atoms with Crippen molar-refractivity contribution in [2.45, 2.75) is 6.92 Å². The van der Waals surface area contributed by atoms with Gasteiger partial charge in [-0.3, -0.25) is 0 Å². The number of aromatic amines is 1. The SMILES string of the molecule is [B][I-]c1ccc(-c2cc3nc(OC(C)=O)[nH]c3cc2Cl)cc1. The minimum absolute atomic E-state index is 0.166. The van der Waals surface area contributed by atoms with E-state index in [2.05, 4.69) is 9.97 Å². The van der Waals surface area contributed by atoms with Gasteiger partial charge in [-0.25, -0.2) is 0 Å². The summed E-state index contributed by atoms with van der Waals surface area (Å²) in [5.41, 5.74) is 8.98. The summed E-state index contributed by atoms with van der Waals surface area (Å²) in [5.74, 6) is -0.425. The monoisotopic (exact) mass is 423 g/mol. The third kappa shape index (κ3) is 3.12. The van der Waals surface area contributed by atoms with Gasteiger partial charge in [-0.2, -0.15) is 0 Å². The van der Waals surface area contributed by atoms with E-state index in [-0.39, 0.29) is 6.01 Å². The second-order valence-electron chi connectivity index (χ2n) is 4.60. The van der Waals surface area contributed by atoms with Gasteiger partial charge in [0, 0.05) is 0 Å². The van der Waals surface area contributed by atoms with Crippen LogP contribution in [0.25, 0.3) is 22.2 Å². The molecular weight excluding hydrogens is 413 g/mol. The van der Waals surface area contributed by atoms with E-state index in [1.807, 2.05) is 30.3 Å². The van der Waals surface area contributed by atoms with E-state index in [9.17, 15) is 4.79 Å². The standard InChI is InChI=1S/C15H10BClIN2O2/c1-8(21)22-15-19-13-6-11(12(17)7-14(13)20-15)9-2-4-10(18-16)5-3-9/h2-7H,1H3,(H,19,20)/q-1. The zero-order valence-corrected chi connectivity index (χ0v) is 14.5. The number of hydrogen-bond acceptors (Lipinski definition) is 3. The van der Waals surface area contributed by atoms with Crippen LogP contribution in [0.2, 0.25) is 5.02 Å². The van der Waals surface area contributed by atoms with Crippen LogP contribution in [0, 0.1) is 3.57 Å². The summed E-state index contributed by atoms with van der Waals surface area (Å²) in [6.45, 7) is 1.33. The summed E-state index contributed by atoms with van der Waals surface area (Å²) in [5, 5.41) is 0.598. The number of H-pyrrole nitrogens is 1. The summed E-state index contributed by atoms with van der Waals surface area (Å²) >= 11 is 5.94. The number of fused-ring (bicyclic) bond motifs is 1. The van der Waals surface area contributed by atoms with Crippen LogP contribution in [0.4, 0.5) is 0 Å². The van der Waals surface area contributed by atoms with Crippen LogP contribution >= 0.6 is 11.6 Å². The van der Waals surface area contributed by atoms with Gasteiger partial charge in [-0.15, -0.1) is 0 Å². The van der Waals surface area contributed by atoms with Crippen molar-refractivity contribution in [3.05, 3.63) is 45.0 Å². The summed E-state index contributed by atoms with van der Waals surface area (Å²) < 4.78 is 6.12. The Morgan fingerprint density at radius 1 is 1.32 bits per heavy atom. The predicted molar refractivity (Wildman–Crippen MR) is 82.3 cm³/mol. The van der Waals surface area contributed by atoms with E-state index in [0.29, 0.717) is 10.5 Å². The summed E-state index contributed by atoms with van der Waals surface area (Å²) in [6, 6.07) is 11.8. The Hall–Kier alpha value is -1.54. The average Bonchev–Trinajstić information content (AvgIpc) is 2.86. The number of benzene rings is 2. The average molecular weight is 423 g/mol. The molecule has 0 amide bonds. The fourth-order valence-electron chi connectivity index (χ4n) is 2.11. The van der Waals surface area contributed by atoms with Crippen molar-refractivity contribution in [2.24, 2.45) is 0 Å². The summed E-state index contributed by atoms with van der Waals surface area (Å²) in [6.07, 6.45) is 0. The van der Waals surface area contributed by atoms with Crippen molar-refractivity contribution in [3.63, 3.8) is 0 Å². The third-order valence-corrected chi connectivity index (χ3v) is 4.82. The molecule has 0 unspecified atom stereocenters. The Bertz CT molecular complexity index is 849. The number of carbonyl (C=O) groups is 1. The Morgan fingerprint density at radius 3 is 2.68 bits per heavy atom. The van der Waals surface area contributed by atoms with Gasteiger partial charge in [-0.1, -0.05) is 0 Å². The van der Waals surface area contributed by atoms with Crippen molar-refractivity contribution < 1.29 is 30.5 Å². The molecule has 0 aliphatic carbocycles. The second kappa shape index (κ2) is 6.30. The van der Waals surface area contributed by atoms with Gasteiger partial charge in [0.1, 0.15) is 0 Å². The number of esters is 1. The zero-order valence-electron chi connectivity index (χ0n) is 11.6. The molecule has 1 aromatic heterocycles. The number of nitrogens with one attached hydrogen (secondary N) is 1. The number of aromatic nitrogens is 2. The van der Waals surface area contributed by atoms with E-state index in [0.717, 1.165) is 20.2 Å². The topological polar surface area (TPSA) is 55.0 Å². The van der Waals surface area contributed by atoms with Crippen molar-refractivity contribution in [1.29, 1.82) is 0 Å². The molecule has 7 heteroatoms. The Balaban J connectivity index is 2.05. The van der Waals surface area contributed by atoms with E-state index in [4.69, 9.17) is 22.0 Å². The second-order valence-corrected chi connectivity index (χ2v) is 6.88. The van der Waals surface area contributed by atoms with Crippen molar-refractivity contribution in [3.8, 4) is 17.1 Å². The Morgan fingerprint density at radius 2 is 2.05 bits per heavy atom. The van der Waals surface area contributed by atoms with Crippen LogP contribution in [0.3, 0.4) is 0 Å². The Labute approximate surface area is 143 Å². The molecule has 0 spiro atoms. The number of nitrogens with zero attached hydrogens (tertiary/aromatic N) is 1. The van der Waals surface area contributed by atoms with Crippen LogP contribution in [0.15, 0.2) is 36.4 Å². The van der Waals surface area contributed by atoms with Crippen LogP contribution in [-0.4, -0.2) is 21.6 Å². The van der Waals surface area contributed by atoms with Gasteiger partial charge in [0.25, 0.3) is 0 Å². The van der Waals surface area contributed by atoms with E-state index in [1.165, 1.54) is 6.92 Å². The zero-order chi connectivity index (χ0) is 15.7. The quantitative estimate of drug-likeness (QED) is 0.371. The summed E-state index contributed by atoms with van der Waals surface area (Å²) in [7, 11) is 0. The van der Waals surface area contributed by atoms with Gasteiger partial charge in [0.2, 0.25) is 0 Å². The molecule has 0 atom stereocenters. The van der Waals surface area contributed by atoms with Crippen LogP contribution < -0.4 is 25.7 Å². The molecule has 4 nitrogen and oxygen atoms in total. The molecule has 1 heterocycles. The van der Waals surface area contributed by atoms with E-state index >= 15 is 0 Å². The molecule has 0 aliphatic rings. The molecule has 1 N–H and O–H groups in total. The van der Waals surface area contributed by atoms with Crippen molar-refractivity contribution in [2.75, 3.05) is 0 Å². The maximum absolute atomic E-state index is 11.0. The van der Waals surface area contributed by atoms with Gasteiger partial charge >= 0.3 is 144 Å². The minimum atomic E-state index is -0.425. The third-order valence-electron chi connectivity index (χ3n) is 3.07. The molecule has 3 rings (SSSR count). The van der Waals surface area contributed by atoms with Gasteiger partial charge in [-0.05, 0) is 0 Å². The molecule has 0 saturated heterocycles. The fourth-order valence-corrected chi connectivity index (χ4v) is 3.16. The number of ether oxygens (including phenoxy) is 1. The first-order valence-corrected chi connectivity index (χ1v) is 9.08. The molecule has 3 aromatic rings. The normalized spacial score (nSPS) is 11.0. The van der Waals surface area contributed by atoms with Crippen LogP contribution in [0.1, 0.15) is 6.92 Å². The molecule has 0 aliphatic heterocycles. The molecule has 0 bridgehead atoms. The van der Waals surface area contributed by atoms with Crippen LogP contribution in [-0.2, 0) is 4.79 Å². The molecular formula is C15H10BClIN2O2-. The number of hydrogen-bond donors (Lipinski definition) is 1. The van der Waals surface area contributed by atoms with Gasteiger partial charge < -0.3 is 0 Å². The van der Waals surface area contributed by atoms with Crippen LogP contribution in [0.5, 0.6) is 6.01 Å². The van der Waals surface area contributed by atoms with Gasteiger partial charge in [0.05, 0.1) is 0 Å². The molecule has 0 saturated carbocycles. The van der Waals surface area contributed by atoms with Gasteiger partial charge in [0.15, 0.2) is 0 Å². The van der Waals surface area contributed by atoms with Crippen molar-refractivity contribution >= 4 is 34.3 Å². The number of carbonyl (C=O) groups excluding carboxylic acids is 1. The first-order valence-electron chi connectivity index (χ1n) is 6.38. The molecule has 2 radical (unpaired) electrons. The Kier molecular flexibility index (Phi) is 4.40. The molecule has 110 valence electrons.